The van der Waals surface area contributed by atoms with Gasteiger partial charge in [-0.25, -0.2) is 0 Å². The molecule has 1 heterocycles. The lowest BCUT2D eigenvalue weighted by Crippen LogP contribution is -2.30. The van der Waals surface area contributed by atoms with Crippen LogP contribution in [0.1, 0.15) is 24.2 Å². The van der Waals surface area contributed by atoms with Gasteiger partial charge in [-0.15, -0.1) is 0 Å². The van der Waals surface area contributed by atoms with Gasteiger partial charge in [0.1, 0.15) is 0 Å². The summed E-state index contributed by atoms with van der Waals surface area (Å²) in [6.07, 6.45) is 3.40. The van der Waals surface area contributed by atoms with E-state index in [0.717, 1.165) is 15.6 Å². The highest BCUT2D eigenvalue weighted by Crippen LogP contribution is 2.27. The van der Waals surface area contributed by atoms with Crippen LogP contribution in [0.3, 0.4) is 0 Å². The van der Waals surface area contributed by atoms with Crippen LogP contribution in [-0.4, -0.2) is 28.9 Å². The van der Waals surface area contributed by atoms with Gasteiger partial charge >= 0.3 is 0 Å². The Kier molecular flexibility index (Phi) is 4.90. The van der Waals surface area contributed by atoms with Crippen LogP contribution in [0, 0.1) is 0 Å². The van der Waals surface area contributed by atoms with Crippen molar-refractivity contribution in [2.75, 3.05) is 13.1 Å². The molecule has 0 saturated carbocycles. The summed E-state index contributed by atoms with van der Waals surface area (Å²) in [5.74, 6) is 0.0244. The lowest BCUT2D eigenvalue weighted by molar-refractivity contribution is 0.0772. The van der Waals surface area contributed by atoms with Gasteiger partial charge in [-0.2, -0.15) is 0 Å². The minimum Gasteiger partial charge on any atom is -0.339 e. The number of rotatable bonds is 4. The van der Waals surface area contributed by atoms with Gasteiger partial charge in [-0.1, -0.05) is 34.1 Å². The number of hydrogen-bond acceptors (Lipinski definition) is 2. The van der Waals surface area contributed by atoms with Gasteiger partial charge in [0.2, 0.25) is 0 Å². The van der Waals surface area contributed by atoms with E-state index < -0.39 is 0 Å². The van der Waals surface area contributed by atoms with Crippen molar-refractivity contribution in [3.8, 4) is 11.1 Å². The Hall–Kier alpha value is -1.68. The normalized spacial score (nSPS) is 10.3. The predicted octanol–water partition coefficient (Wildman–Crippen LogP) is 3.99. The molecule has 0 unspecified atom stereocenters. The molecule has 0 bridgehead atoms. The standard InChI is InChI=1S/C16H17BrN2O/c1-3-19(4-2)16(20)13-9-12(10-18-11-13)14-7-5-6-8-15(14)17/h5-11H,3-4H2,1-2H3. The molecule has 0 saturated heterocycles. The maximum atomic E-state index is 12.3. The highest BCUT2D eigenvalue weighted by atomic mass is 79.9. The minimum absolute atomic E-state index is 0.0244. The maximum Gasteiger partial charge on any atom is 0.255 e. The number of carbonyl (C=O) groups excluding carboxylic acids is 1. The Labute approximate surface area is 127 Å². The molecule has 0 fully saturated rings. The van der Waals surface area contributed by atoms with Crippen LogP contribution in [0.4, 0.5) is 0 Å². The number of benzene rings is 1. The highest BCUT2D eigenvalue weighted by molar-refractivity contribution is 9.10. The lowest BCUT2D eigenvalue weighted by Gasteiger charge is -2.18. The Bertz CT molecular complexity index is 609. The van der Waals surface area contributed by atoms with E-state index in [-0.39, 0.29) is 5.91 Å². The SMILES string of the molecule is CCN(CC)C(=O)c1cncc(-c2ccccc2Br)c1. The van der Waals surface area contributed by atoms with Crippen molar-refractivity contribution < 1.29 is 4.79 Å². The zero-order chi connectivity index (χ0) is 14.5. The van der Waals surface area contributed by atoms with Crippen molar-refractivity contribution in [2.24, 2.45) is 0 Å². The summed E-state index contributed by atoms with van der Waals surface area (Å²) >= 11 is 3.53. The highest BCUT2D eigenvalue weighted by Gasteiger charge is 2.14. The smallest absolute Gasteiger partial charge is 0.255 e. The first-order chi connectivity index (χ1) is 9.67. The lowest BCUT2D eigenvalue weighted by atomic mass is 10.1. The summed E-state index contributed by atoms with van der Waals surface area (Å²) in [5.41, 5.74) is 2.60. The van der Waals surface area contributed by atoms with Crippen LogP contribution >= 0.6 is 15.9 Å². The van der Waals surface area contributed by atoms with Crippen molar-refractivity contribution in [3.05, 3.63) is 52.8 Å². The van der Waals surface area contributed by atoms with E-state index in [2.05, 4.69) is 20.9 Å². The molecule has 0 aliphatic rings. The first-order valence-corrected chi connectivity index (χ1v) is 7.45. The van der Waals surface area contributed by atoms with E-state index in [4.69, 9.17) is 0 Å². The van der Waals surface area contributed by atoms with Crippen LogP contribution < -0.4 is 0 Å². The van der Waals surface area contributed by atoms with E-state index in [1.54, 1.807) is 17.3 Å². The molecule has 1 aromatic carbocycles. The fourth-order valence-corrected chi connectivity index (χ4v) is 2.61. The first kappa shape index (κ1) is 14.7. The third kappa shape index (κ3) is 3.07. The van der Waals surface area contributed by atoms with Gasteiger partial charge in [-0.05, 0) is 31.5 Å². The minimum atomic E-state index is 0.0244. The number of halogens is 1. The van der Waals surface area contributed by atoms with Crippen molar-refractivity contribution in [1.29, 1.82) is 0 Å². The molecule has 1 amide bonds. The largest absolute Gasteiger partial charge is 0.339 e. The van der Waals surface area contributed by atoms with Crippen molar-refractivity contribution in [1.82, 2.24) is 9.88 Å². The van der Waals surface area contributed by atoms with Gasteiger partial charge in [0.05, 0.1) is 5.56 Å². The predicted molar refractivity (Wildman–Crippen MR) is 84.6 cm³/mol. The molecule has 0 atom stereocenters. The van der Waals surface area contributed by atoms with Crippen molar-refractivity contribution >= 4 is 21.8 Å². The molecule has 2 rings (SSSR count). The summed E-state index contributed by atoms with van der Waals surface area (Å²) in [6, 6.07) is 9.82. The molecule has 1 aromatic heterocycles. The summed E-state index contributed by atoms with van der Waals surface area (Å²) in [7, 11) is 0. The Balaban J connectivity index is 2.38. The Morgan fingerprint density at radius 1 is 1.20 bits per heavy atom. The fraction of sp³-hybridized carbons (Fsp3) is 0.250. The monoisotopic (exact) mass is 332 g/mol. The molecule has 104 valence electrons. The summed E-state index contributed by atoms with van der Waals surface area (Å²) < 4.78 is 0.995. The van der Waals surface area contributed by atoms with Gasteiger partial charge in [0, 0.05) is 35.5 Å². The number of carbonyl (C=O) groups is 1. The van der Waals surface area contributed by atoms with Gasteiger partial charge < -0.3 is 4.90 Å². The van der Waals surface area contributed by atoms with E-state index in [1.807, 2.05) is 44.2 Å². The van der Waals surface area contributed by atoms with Crippen LogP contribution in [0.5, 0.6) is 0 Å². The van der Waals surface area contributed by atoms with Gasteiger partial charge in [-0.3, -0.25) is 9.78 Å². The number of amides is 1. The van der Waals surface area contributed by atoms with E-state index >= 15 is 0 Å². The number of hydrogen-bond donors (Lipinski definition) is 0. The summed E-state index contributed by atoms with van der Waals surface area (Å²) in [5, 5.41) is 0. The molecular formula is C16H17BrN2O. The second kappa shape index (κ2) is 6.66. The average molecular weight is 333 g/mol. The zero-order valence-corrected chi connectivity index (χ0v) is 13.2. The maximum absolute atomic E-state index is 12.3. The first-order valence-electron chi connectivity index (χ1n) is 6.66. The molecule has 0 aliphatic carbocycles. The molecule has 3 nitrogen and oxygen atoms in total. The van der Waals surface area contributed by atoms with Gasteiger partial charge in [0.15, 0.2) is 0 Å². The summed E-state index contributed by atoms with van der Waals surface area (Å²) in [6.45, 7) is 5.36. The third-order valence-corrected chi connectivity index (χ3v) is 3.91. The average Bonchev–Trinajstić information content (AvgIpc) is 2.49. The molecular weight excluding hydrogens is 316 g/mol. The molecule has 0 N–H and O–H groups in total. The topological polar surface area (TPSA) is 33.2 Å². The van der Waals surface area contributed by atoms with Crippen LogP contribution in [-0.2, 0) is 0 Å². The van der Waals surface area contributed by atoms with E-state index in [9.17, 15) is 4.79 Å². The molecule has 4 heteroatoms. The number of nitrogens with zero attached hydrogens (tertiary/aromatic N) is 2. The van der Waals surface area contributed by atoms with Crippen molar-refractivity contribution in [3.63, 3.8) is 0 Å². The fourth-order valence-electron chi connectivity index (χ4n) is 2.09. The number of aromatic nitrogens is 1. The molecule has 0 aliphatic heterocycles. The summed E-state index contributed by atoms with van der Waals surface area (Å²) in [4.78, 5) is 18.3. The van der Waals surface area contributed by atoms with Crippen LogP contribution in [0.25, 0.3) is 11.1 Å². The molecule has 0 spiro atoms. The molecule has 2 aromatic rings. The number of pyridine rings is 1. The molecule has 20 heavy (non-hydrogen) atoms. The van der Waals surface area contributed by atoms with Crippen LogP contribution in [0.2, 0.25) is 0 Å². The van der Waals surface area contributed by atoms with E-state index in [0.29, 0.717) is 18.7 Å². The molecule has 0 radical (unpaired) electrons. The quantitative estimate of drug-likeness (QED) is 0.847. The Morgan fingerprint density at radius 3 is 2.55 bits per heavy atom. The van der Waals surface area contributed by atoms with Crippen LogP contribution in [0.15, 0.2) is 47.2 Å². The Morgan fingerprint density at radius 2 is 1.90 bits per heavy atom. The zero-order valence-electron chi connectivity index (χ0n) is 11.6. The third-order valence-electron chi connectivity index (χ3n) is 3.22. The second-order valence-electron chi connectivity index (χ2n) is 4.42. The second-order valence-corrected chi connectivity index (χ2v) is 5.27. The van der Waals surface area contributed by atoms with Gasteiger partial charge in [0.25, 0.3) is 5.91 Å². The van der Waals surface area contributed by atoms with E-state index in [1.165, 1.54) is 0 Å². The van der Waals surface area contributed by atoms with Crippen molar-refractivity contribution in [2.45, 2.75) is 13.8 Å².